The lowest BCUT2D eigenvalue weighted by Gasteiger charge is -2.44. The summed E-state index contributed by atoms with van der Waals surface area (Å²) in [4.78, 5) is 32.8. The van der Waals surface area contributed by atoms with E-state index < -0.39 is 11.8 Å². The minimum atomic E-state index is -0.535. The summed E-state index contributed by atoms with van der Waals surface area (Å²) >= 11 is 0. The Labute approximate surface area is 288 Å². The molecule has 50 heavy (non-hydrogen) atoms. The van der Waals surface area contributed by atoms with E-state index in [1.165, 1.54) is 12.1 Å². The predicted molar refractivity (Wildman–Crippen MR) is 189 cm³/mol. The Kier molecular flexibility index (Phi) is 9.89. The van der Waals surface area contributed by atoms with E-state index in [1.54, 1.807) is 71.6 Å². The van der Waals surface area contributed by atoms with E-state index in [0.717, 1.165) is 22.5 Å². The molecule has 2 amide bonds. The van der Waals surface area contributed by atoms with Gasteiger partial charge in [-0.2, -0.15) is 0 Å². The third-order valence-electron chi connectivity index (χ3n) is 8.97. The van der Waals surface area contributed by atoms with Crippen LogP contribution < -0.4 is 21.3 Å². The van der Waals surface area contributed by atoms with Crippen LogP contribution in [0, 0.1) is 5.82 Å². The molecule has 1 atom stereocenters. The molecule has 258 valence electrons. The number of amides is 2. The van der Waals surface area contributed by atoms with Crippen molar-refractivity contribution in [3.63, 3.8) is 0 Å². The van der Waals surface area contributed by atoms with Gasteiger partial charge in [0.15, 0.2) is 0 Å². The summed E-state index contributed by atoms with van der Waals surface area (Å²) in [6, 6.07) is 23.3. The first-order valence-electron chi connectivity index (χ1n) is 16.3. The van der Waals surface area contributed by atoms with Crippen LogP contribution in [0.1, 0.15) is 35.4 Å². The van der Waals surface area contributed by atoms with E-state index >= 15 is 0 Å². The second-order valence-corrected chi connectivity index (χ2v) is 12.6. The fourth-order valence-corrected chi connectivity index (χ4v) is 6.71. The standard InChI is InChI=1S/C38H39FN6O5/c39-27-4-1-3-24(14-27)16-34-36(20-38(41)50)44(23-42-34)21-25-13-26(17-32(48)15-25)33-9-8-31(47)19-35(33)45-12-11-43(22-29(45)7-10-37(40)49)28-5-2-6-30(46)18-28/h1-6,8-9,13-15,17-19,23,29,46-48H,7,10-12,16,20-22H2,(H2,40,49)(H2,41,50). The van der Waals surface area contributed by atoms with Gasteiger partial charge in [-0.05, 0) is 77.7 Å². The second kappa shape index (κ2) is 14.6. The summed E-state index contributed by atoms with van der Waals surface area (Å²) in [5.41, 5.74) is 16.8. The van der Waals surface area contributed by atoms with Gasteiger partial charge < -0.3 is 41.2 Å². The van der Waals surface area contributed by atoms with Crippen LogP contribution in [-0.4, -0.2) is 62.4 Å². The summed E-state index contributed by atoms with van der Waals surface area (Å²) in [6.07, 6.45) is 2.48. The van der Waals surface area contributed by atoms with Crippen LogP contribution in [0.5, 0.6) is 17.2 Å². The quantitative estimate of drug-likeness (QED) is 0.129. The fourth-order valence-electron chi connectivity index (χ4n) is 6.71. The molecule has 1 aliphatic heterocycles. The van der Waals surface area contributed by atoms with Crippen molar-refractivity contribution < 1.29 is 29.3 Å². The number of carbonyl (C=O) groups excluding carboxylic acids is 2. The summed E-state index contributed by atoms with van der Waals surface area (Å²) in [5.74, 6) is -1.07. The summed E-state index contributed by atoms with van der Waals surface area (Å²) in [6.45, 7) is 1.95. The Balaban J connectivity index is 1.33. The maximum atomic E-state index is 13.9. The van der Waals surface area contributed by atoms with Crippen molar-refractivity contribution in [2.45, 2.75) is 38.3 Å². The lowest BCUT2D eigenvalue weighted by molar-refractivity contribution is -0.118. The highest BCUT2D eigenvalue weighted by Gasteiger charge is 2.30. The number of hydrogen-bond acceptors (Lipinski definition) is 8. The molecular weight excluding hydrogens is 639 g/mol. The number of piperazine rings is 1. The SMILES string of the molecule is NC(=O)CCC1CN(c2cccc(O)c2)CCN1c1cc(O)ccc1-c1cc(O)cc(Cn2cnc(Cc3cccc(F)c3)c2CC(N)=O)c1. The van der Waals surface area contributed by atoms with Gasteiger partial charge in [0.25, 0.3) is 0 Å². The minimum absolute atomic E-state index is 0.0204. The Bertz CT molecular complexity index is 2030. The van der Waals surface area contributed by atoms with Gasteiger partial charge in [0.1, 0.15) is 23.1 Å². The minimum Gasteiger partial charge on any atom is -0.508 e. The normalized spacial score (nSPS) is 14.5. The molecular formula is C38H39FN6O5. The number of primary amides is 2. The summed E-state index contributed by atoms with van der Waals surface area (Å²) < 4.78 is 15.7. The van der Waals surface area contributed by atoms with Crippen molar-refractivity contribution in [1.29, 1.82) is 0 Å². The largest absolute Gasteiger partial charge is 0.508 e. The molecule has 1 saturated heterocycles. The number of phenolic OH excluding ortho intramolecular Hbond substituents is 3. The highest BCUT2D eigenvalue weighted by molar-refractivity contribution is 5.82. The van der Waals surface area contributed by atoms with E-state index in [-0.39, 0.29) is 48.5 Å². The average Bonchev–Trinajstić information content (AvgIpc) is 3.42. The highest BCUT2D eigenvalue weighted by Crippen LogP contribution is 2.39. The van der Waals surface area contributed by atoms with Gasteiger partial charge >= 0.3 is 0 Å². The fraction of sp³-hybridized carbons (Fsp3) is 0.237. The number of rotatable bonds is 12. The first-order valence-corrected chi connectivity index (χ1v) is 16.3. The smallest absolute Gasteiger partial charge is 0.223 e. The number of imidazole rings is 1. The van der Waals surface area contributed by atoms with Crippen LogP contribution in [0.4, 0.5) is 15.8 Å². The molecule has 2 heterocycles. The van der Waals surface area contributed by atoms with Crippen molar-refractivity contribution in [1.82, 2.24) is 9.55 Å². The Hall–Kier alpha value is -6.04. The topological polar surface area (TPSA) is 171 Å². The van der Waals surface area contributed by atoms with E-state index in [1.807, 2.05) is 12.1 Å². The number of halogens is 1. The third kappa shape index (κ3) is 7.97. The number of hydrogen-bond donors (Lipinski definition) is 5. The molecule has 4 aromatic carbocycles. The van der Waals surface area contributed by atoms with Crippen molar-refractivity contribution in [2.75, 3.05) is 29.4 Å². The van der Waals surface area contributed by atoms with Crippen molar-refractivity contribution in [2.24, 2.45) is 11.5 Å². The van der Waals surface area contributed by atoms with Crippen LogP contribution >= 0.6 is 0 Å². The monoisotopic (exact) mass is 678 g/mol. The molecule has 11 nitrogen and oxygen atoms in total. The zero-order chi connectivity index (χ0) is 35.4. The van der Waals surface area contributed by atoms with Crippen molar-refractivity contribution in [3.05, 3.63) is 120 Å². The number of aromatic nitrogens is 2. The molecule has 1 fully saturated rings. The lowest BCUT2D eigenvalue weighted by atomic mass is 9.97. The first kappa shape index (κ1) is 33.8. The lowest BCUT2D eigenvalue weighted by Crippen LogP contribution is -2.54. The van der Waals surface area contributed by atoms with Gasteiger partial charge in [-0.25, -0.2) is 9.37 Å². The molecule has 1 aromatic heterocycles. The first-order chi connectivity index (χ1) is 24.0. The second-order valence-electron chi connectivity index (χ2n) is 12.6. The van der Waals surface area contributed by atoms with Crippen LogP contribution in [0.25, 0.3) is 11.1 Å². The highest BCUT2D eigenvalue weighted by atomic mass is 19.1. The van der Waals surface area contributed by atoms with Crippen LogP contribution in [0.2, 0.25) is 0 Å². The molecule has 5 aromatic rings. The molecule has 12 heteroatoms. The van der Waals surface area contributed by atoms with Gasteiger partial charge in [-0.15, -0.1) is 0 Å². The van der Waals surface area contributed by atoms with Gasteiger partial charge in [0.2, 0.25) is 11.8 Å². The number of phenols is 3. The molecule has 6 rings (SSSR count). The van der Waals surface area contributed by atoms with Crippen molar-refractivity contribution >= 4 is 23.2 Å². The molecule has 0 radical (unpaired) electrons. The number of aromatic hydroxyl groups is 3. The zero-order valence-electron chi connectivity index (χ0n) is 27.4. The predicted octanol–water partition coefficient (Wildman–Crippen LogP) is 4.43. The Morgan fingerprint density at radius 3 is 2.40 bits per heavy atom. The van der Waals surface area contributed by atoms with Gasteiger partial charge in [-0.1, -0.05) is 18.2 Å². The number of benzene rings is 4. The van der Waals surface area contributed by atoms with Gasteiger partial charge in [-0.3, -0.25) is 9.59 Å². The van der Waals surface area contributed by atoms with E-state index in [9.17, 15) is 29.3 Å². The molecule has 0 aliphatic carbocycles. The maximum Gasteiger partial charge on any atom is 0.223 e. The third-order valence-corrected chi connectivity index (χ3v) is 8.97. The molecule has 1 aliphatic rings. The average molecular weight is 679 g/mol. The number of carbonyl (C=O) groups is 2. The van der Waals surface area contributed by atoms with E-state index in [2.05, 4.69) is 14.8 Å². The number of nitrogens with zero attached hydrogens (tertiary/aromatic N) is 4. The van der Waals surface area contributed by atoms with Crippen molar-refractivity contribution in [3.8, 4) is 28.4 Å². The Morgan fingerprint density at radius 1 is 0.840 bits per heavy atom. The van der Waals surface area contributed by atoms with E-state index in [4.69, 9.17) is 11.5 Å². The summed E-state index contributed by atoms with van der Waals surface area (Å²) in [7, 11) is 0. The van der Waals surface area contributed by atoms with Crippen LogP contribution in [0.15, 0.2) is 91.3 Å². The van der Waals surface area contributed by atoms with Crippen LogP contribution in [-0.2, 0) is 29.0 Å². The molecule has 0 bridgehead atoms. The molecule has 0 spiro atoms. The maximum absolute atomic E-state index is 13.9. The zero-order valence-corrected chi connectivity index (χ0v) is 27.4. The summed E-state index contributed by atoms with van der Waals surface area (Å²) in [5, 5.41) is 31.7. The van der Waals surface area contributed by atoms with E-state index in [0.29, 0.717) is 55.0 Å². The molecule has 1 unspecified atom stereocenters. The molecule has 0 saturated carbocycles. The van der Waals surface area contributed by atoms with Crippen LogP contribution in [0.3, 0.4) is 0 Å². The van der Waals surface area contributed by atoms with Gasteiger partial charge in [0, 0.05) is 74.1 Å². The molecule has 7 N–H and O–H groups in total. The number of anilines is 2. The number of nitrogens with two attached hydrogens (primary N) is 2. The van der Waals surface area contributed by atoms with Gasteiger partial charge in [0.05, 0.1) is 24.1 Å². The Morgan fingerprint density at radius 2 is 1.64 bits per heavy atom.